The van der Waals surface area contributed by atoms with Crippen LogP contribution in [0.1, 0.15) is 42.7 Å². The third-order valence-corrected chi connectivity index (χ3v) is 4.08. The molecule has 0 unspecified atom stereocenters. The molecule has 0 radical (unpaired) electrons. The maximum atomic E-state index is 12.8. The molecule has 0 atom stereocenters. The molecule has 0 bridgehead atoms. The van der Waals surface area contributed by atoms with Crippen molar-refractivity contribution in [3.05, 3.63) is 52.2 Å². The molecule has 1 N–H and O–H groups in total. The van der Waals surface area contributed by atoms with Crippen LogP contribution in [0.25, 0.3) is 11.1 Å². The molecule has 2 aromatic heterocycles. The molecule has 0 fully saturated rings. The van der Waals surface area contributed by atoms with Crippen molar-refractivity contribution in [1.82, 2.24) is 14.9 Å². The fourth-order valence-electron chi connectivity index (χ4n) is 3.10. The van der Waals surface area contributed by atoms with E-state index in [4.69, 9.17) is 0 Å². The van der Waals surface area contributed by atoms with Crippen molar-refractivity contribution in [2.24, 2.45) is 0 Å². The van der Waals surface area contributed by atoms with Gasteiger partial charge >= 0.3 is 0 Å². The number of carbonyl (C=O) groups excluding carboxylic acids is 1. The second-order valence-corrected chi connectivity index (χ2v) is 6.20. The van der Waals surface area contributed by atoms with E-state index in [0.29, 0.717) is 17.7 Å². The van der Waals surface area contributed by atoms with Gasteiger partial charge in [0.05, 0.1) is 5.56 Å². The van der Waals surface area contributed by atoms with E-state index in [1.165, 1.54) is 0 Å². The van der Waals surface area contributed by atoms with E-state index in [1.54, 1.807) is 23.0 Å². The van der Waals surface area contributed by atoms with Crippen molar-refractivity contribution in [2.75, 3.05) is 0 Å². The number of carbonyl (C=O) groups is 1. The minimum absolute atomic E-state index is 0.0420. The number of fused-ring (bicyclic) bond motifs is 1. The van der Waals surface area contributed by atoms with Gasteiger partial charge in [0.1, 0.15) is 0 Å². The topological polar surface area (TPSA) is 64.0 Å². The van der Waals surface area contributed by atoms with Gasteiger partial charge in [-0.25, -0.2) is 0 Å². The molecule has 5 nitrogen and oxygen atoms in total. The largest absolute Gasteiger partial charge is 0.350 e. The minimum Gasteiger partial charge on any atom is -0.350 e. The SMILES string of the molecule is CC(C)NC(=O)c1c(-c2cccnc2)cc(=O)n2c1CCCC2. The Labute approximate surface area is 135 Å². The van der Waals surface area contributed by atoms with Gasteiger partial charge in [-0.2, -0.15) is 0 Å². The molecule has 2 aromatic rings. The lowest BCUT2D eigenvalue weighted by molar-refractivity contribution is 0.0941. The van der Waals surface area contributed by atoms with Crippen molar-refractivity contribution in [3.63, 3.8) is 0 Å². The zero-order valence-corrected chi connectivity index (χ0v) is 13.5. The molecule has 0 saturated carbocycles. The molecule has 5 heteroatoms. The Bertz CT molecular complexity index is 779. The highest BCUT2D eigenvalue weighted by molar-refractivity contribution is 6.02. The van der Waals surface area contributed by atoms with Gasteiger partial charge in [-0.1, -0.05) is 6.07 Å². The lowest BCUT2D eigenvalue weighted by Gasteiger charge is -2.24. The zero-order valence-electron chi connectivity index (χ0n) is 13.5. The Kier molecular flexibility index (Phi) is 4.28. The van der Waals surface area contributed by atoms with Crippen molar-refractivity contribution in [3.8, 4) is 11.1 Å². The fraction of sp³-hybridized carbons (Fsp3) is 0.389. The maximum Gasteiger partial charge on any atom is 0.253 e. The lowest BCUT2D eigenvalue weighted by Crippen LogP contribution is -2.35. The summed E-state index contributed by atoms with van der Waals surface area (Å²) in [6.07, 6.45) is 6.11. The van der Waals surface area contributed by atoms with Crippen LogP contribution in [0.3, 0.4) is 0 Å². The molecule has 0 aliphatic carbocycles. The highest BCUT2D eigenvalue weighted by atomic mass is 16.2. The van der Waals surface area contributed by atoms with Gasteiger partial charge in [-0.05, 0) is 39.2 Å². The van der Waals surface area contributed by atoms with Gasteiger partial charge in [0.2, 0.25) is 0 Å². The zero-order chi connectivity index (χ0) is 16.4. The van der Waals surface area contributed by atoms with E-state index >= 15 is 0 Å². The van der Waals surface area contributed by atoms with Crippen LogP contribution in [0, 0.1) is 0 Å². The Morgan fingerprint density at radius 3 is 2.87 bits per heavy atom. The van der Waals surface area contributed by atoms with Gasteiger partial charge in [-0.15, -0.1) is 0 Å². The predicted octanol–water partition coefficient (Wildman–Crippen LogP) is 2.38. The van der Waals surface area contributed by atoms with Gasteiger partial charge in [0.15, 0.2) is 0 Å². The normalized spacial score (nSPS) is 13.7. The lowest BCUT2D eigenvalue weighted by atomic mass is 9.94. The van der Waals surface area contributed by atoms with E-state index in [2.05, 4.69) is 10.3 Å². The fourth-order valence-corrected chi connectivity index (χ4v) is 3.10. The Balaban J connectivity index is 2.24. The molecule has 0 spiro atoms. The second kappa shape index (κ2) is 6.36. The first kappa shape index (κ1) is 15.5. The number of amides is 1. The van der Waals surface area contributed by atoms with Crippen molar-refractivity contribution in [1.29, 1.82) is 0 Å². The molecule has 120 valence electrons. The van der Waals surface area contributed by atoms with Crippen LogP contribution in [0.4, 0.5) is 0 Å². The first-order valence-corrected chi connectivity index (χ1v) is 8.06. The number of nitrogens with one attached hydrogen (secondary N) is 1. The van der Waals surface area contributed by atoms with Crippen LogP contribution in [-0.2, 0) is 13.0 Å². The van der Waals surface area contributed by atoms with Gasteiger partial charge < -0.3 is 9.88 Å². The van der Waals surface area contributed by atoms with E-state index in [1.807, 2.05) is 26.0 Å². The van der Waals surface area contributed by atoms with Crippen molar-refractivity contribution >= 4 is 5.91 Å². The van der Waals surface area contributed by atoms with Gasteiger partial charge in [0.25, 0.3) is 11.5 Å². The van der Waals surface area contributed by atoms with Crippen LogP contribution in [0.5, 0.6) is 0 Å². The number of rotatable bonds is 3. The summed E-state index contributed by atoms with van der Waals surface area (Å²) in [6.45, 7) is 4.55. The monoisotopic (exact) mass is 311 g/mol. The summed E-state index contributed by atoms with van der Waals surface area (Å²) in [5, 5.41) is 2.96. The third-order valence-electron chi connectivity index (χ3n) is 4.08. The van der Waals surface area contributed by atoms with Crippen molar-refractivity contribution < 1.29 is 4.79 Å². The Morgan fingerprint density at radius 2 is 2.17 bits per heavy atom. The van der Waals surface area contributed by atoms with Crippen LogP contribution < -0.4 is 10.9 Å². The standard InChI is InChI=1S/C18H21N3O2/c1-12(2)20-18(23)17-14(13-6-5-8-19-11-13)10-16(22)21-9-4-3-7-15(17)21/h5-6,8,10-12H,3-4,7,9H2,1-2H3,(H,20,23). The van der Waals surface area contributed by atoms with Crippen LogP contribution in [-0.4, -0.2) is 21.5 Å². The third kappa shape index (κ3) is 3.04. The van der Waals surface area contributed by atoms with Crippen molar-refractivity contribution in [2.45, 2.75) is 45.7 Å². The average Bonchev–Trinajstić information content (AvgIpc) is 2.55. The molecule has 0 saturated heterocycles. The number of nitrogens with zero attached hydrogens (tertiary/aromatic N) is 2. The van der Waals surface area contributed by atoms with E-state index in [-0.39, 0.29) is 17.5 Å². The molecule has 1 aliphatic rings. The number of hydrogen-bond donors (Lipinski definition) is 1. The predicted molar refractivity (Wildman–Crippen MR) is 89.5 cm³/mol. The van der Waals surface area contributed by atoms with E-state index < -0.39 is 0 Å². The first-order chi connectivity index (χ1) is 11.1. The molecule has 3 heterocycles. The highest BCUT2D eigenvalue weighted by Crippen LogP contribution is 2.27. The smallest absolute Gasteiger partial charge is 0.253 e. The molecule has 3 rings (SSSR count). The van der Waals surface area contributed by atoms with Gasteiger partial charge in [0, 0.05) is 47.9 Å². The second-order valence-electron chi connectivity index (χ2n) is 6.20. The van der Waals surface area contributed by atoms with Crippen LogP contribution in [0.2, 0.25) is 0 Å². The summed E-state index contributed by atoms with van der Waals surface area (Å²) in [4.78, 5) is 29.4. The summed E-state index contributed by atoms with van der Waals surface area (Å²) in [6, 6.07) is 5.31. The average molecular weight is 311 g/mol. The van der Waals surface area contributed by atoms with E-state index in [0.717, 1.165) is 30.5 Å². The van der Waals surface area contributed by atoms with Crippen LogP contribution >= 0.6 is 0 Å². The molecule has 1 aliphatic heterocycles. The summed E-state index contributed by atoms with van der Waals surface area (Å²) in [7, 11) is 0. The maximum absolute atomic E-state index is 12.8. The minimum atomic E-state index is -0.121. The number of aromatic nitrogens is 2. The molecular formula is C18H21N3O2. The Hall–Kier alpha value is -2.43. The highest BCUT2D eigenvalue weighted by Gasteiger charge is 2.24. The summed E-state index contributed by atoms with van der Waals surface area (Å²) >= 11 is 0. The first-order valence-electron chi connectivity index (χ1n) is 8.06. The summed E-state index contributed by atoms with van der Waals surface area (Å²) in [5.74, 6) is -0.121. The van der Waals surface area contributed by atoms with E-state index in [9.17, 15) is 9.59 Å². The molecular weight excluding hydrogens is 290 g/mol. The molecule has 1 amide bonds. The van der Waals surface area contributed by atoms with Crippen LogP contribution in [0.15, 0.2) is 35.4 Å². The summed E-state index contributed by atoms with van der Waals surface area (Å²) in [5.41, 5.74) is 2.90. The van der Waals surface area contributed by atoms with Gasteiger partial charge in [-0.3, -0.25) is 14.6 Å². The molecule has 23 heavy (non-hydrogen) atoms. The summed E-state index contributed by atoms with van der Waals surface area (Å²) < 4.78 is 1.75. The number of pyridine rings is 2. The number of hydrogen-bond acceptors (Lipinski definition) is 3. The molecule has 0 aromatic carbocycles. The Morgan fingerprint density at radius 1 is 1.35 bits per heavy atom. The quantitative estimate of drug-likeness (QED) is 0.946.